The molecule has 0 aromatic heterocycles. The molecule has 0 fully saturated rings. The van der Waals surface area contributed by atoms with Gasteiger partial charge in [-0.05, 0) is 17.7 Å². The van der Waals surface area contributed by atoms with Gasteiger partial charge in [-0.2, -0.15) is 10.5 Å². The van der Waals surface area contributed by atoms with E-state index in [2.05, 4.69) is 0 Å². The first kappa shape index (κ1) is 19.2. The van der Waals surface area contributed by atoms with E-state index >= 15 is 0 Å². The highest BCUT2D eigenvalue weighted by atomic mass is 35.5. The van der Waals surface area contributed by atoms with Crippen molar-refractivity contribution in [3.8, 4) is 12.1 Å². The Hall–Kier alpha value is -2.83. The lowest BCUT2D eigenvalue weighted by atomic mass is 10.2. The SMILES string of the molecule is N#CCCN(CCC#N)C(=O)COC(=O)/C=C/c1ccccc1Cl. The first-order valence-electron chi connectivity index (χ1n) is 7.19. The van der Waals surface area contributed by atoms with Crippen molar-refractivity contribution >= 4 is 29.6 Å². The predicted molar refractivity (Wildman–Crippen MR) is 88.5 cm³/mol. The zero-order valence-corrected chi connectivity index (χ0v) is 13.7. The van der Waals surface area contributed by atoms with Crippen molar-refractivity contribution in [2.24, 2.45) is 0 Å². The second-order valence-corrected chi connectivity index (χ2v) is 5.07. The first-order valence-corrected chi connectivity index (χ1v) is 7.57. The summed E-state index contributed by atoms with van der Waals surface area (Å²) >= 11 is 5.96. The fourth-order valence-electron chi connectivity index (χ4n) is 1.77. The number of carbonyl (C=O) groups is 2. The summed E-state index contributed by atoms with van der Waals surface area (Å²) < 4.78 is 4.88. The second kappa shape index (κ2) is 10.8. The summed E-state index contributed by atoms with van der Waals surface area (Å²) in [6, 6.07) is 10.8. The number of carbonyl (C=O) groups excluding carboxylic acids is 2. The molecule has 0 saturated carbocycles. The topological polar surface area (TPSA) is 94.2 Å². The fraction of sp³-hybridized carbons (Fsp3) is 0.294. The molecule has 7 heteroatoms. The molecule has 6 nitrogen and oxygen atoms in total. The van der Waals surface area contributed by atoms with Gasteiger partial charge in [0.1, 0.15) is 0 Å². The summed E-state index contributed by atoms with van der Waals surface area (Å²) in [7, 11) is 0. The van der Waals surface area contributed by atoms with Gasteiger partial charge in [-0.3, -0.25) is 4.79 Å². The van der Waals surface area contributed by atoms with Crippen LogP contribution in [-0.4, -0.2) is 36.5 Å². The molecule has 0 aliphatic heterocycles. The molecule has 0 radical (unpaired) electrons. The number of esters is 1. The van der Waals surface area contributed by atoms with Gasteiger partial charge in [0.2, 0.25) is 0 Å². The van der Waals surface area contributed by atoms with Crippen molar-refractivity contribution in [1.82, 2.24) is 4.90 Å². The van der Waals surface area contributed by atoms with Crippen LogP contribution in [-0.2, 0) is 14.3 Å². The maximum Gasteiger partial charge on any atom is 0.331 e. The van der Waals surface area contributed by atoms with Gasteiger partial charge in [0.15, 0.2) is 6.61 Å². The number of hydrogen-bond donors (Lipinski definition) is 0. The molecule has 0 unspecified atom stereocenters. The lowest BCUT2D eigenvalue weighted by Crippen LogP contribution is -2.36. The molecular formula is C17H16ClN3O3. The maximum atomic E-state index is 12.0. The average molecular weight is 346 g/mol. The molecule has 0 aliphatic carbocycles. The molecule has 24 heavy (non-hydrogen) atoms. The van der Waals surface area contributed by atoms with E-state index in [-0.39, 0.29) is 25.9 Å². The van der Waals surface area contributed by atoms with Crippen LogP contribution in [0.4, 0.5) is 0 Å². The summed E-state index contributed by atoms with van der Waals surface area (Å²) in [6.45, 7) is -0.0450. The van der Waals surface area contributed by atoms with Crippen LogP contribution in [0.1, 0.15) is 18.4 Å². The van der Waals surface area contributed by atoms with E-state index < -0.39 is 18.5 Å². The molecule has 1 amide bonds. The largest absolute Gasteiger partial charge is 0.452 e. The number of amides is 1. The second-order valence-electron chi connectivity index (χ2n) is 4.66. The molecule has 1 aromatic rings. The van der Waals surface area contributed by atoms with Crippen molar-refractivity contribution < 1.29 is 14.3 Å². The Kier molecular flexibility index (Phi) is 8.67. The maximum absolute atomic E-state index is 12.0. The standard InChI is InChI=1S/C17H16ClN3O3/c18-15-6-2-1-5-14(15)7-8-17(23)24-13-16(22)21(11-3-9-19)12-4-10-20/h1-2,5-8H,3-4,11-13H2/b8-7+. The minimum absolute atomic E-state index is 0.150. The number of benzene rings is 1. The number of rotatable bonds is 8. The summed E-state index contributed by atoms with van der Waals surface area (Å²) in [6.07, 6.45) is 2.98. The van der Waals surface area contributed by atoms with E-state index in [1.54, 1.807) is 24.3 Å². The van der Waals surface area contributed by atoms with Crippen molar-refractivity contribution in [2.45, 2.75) is 12.8 Å². The fourth-order valence-corrected chi connectivity index (χ4v) is 1.97. The molecule has 0 saturated heterocycles. The summed E-state index contributed by atoms with van der Waals surface area (Å²) in [4.78, 5) is 25.0. The normalized spacial score (nSPS) is 9.96. The highest BCUT2D eigenvalue weighted by Crippen LogP contribution is 2.16. The van der Waals surface area contributed by atoms with Crippen molar-refractivity contribution in [1.29, 1.82) is 10.5 Å². The number of nitriles is 2. The van der Waals surface area contributed by atoms with Crippen molar-refractivity contribution in [3.05, 3.63) is 40.9 Å². The Labute approximate surface area is 145 Å². The Balaban J connectivity index is 2.52. The Bertz CT molecular complexity index is 671. The van der Waals surface area contributed by atoms with Crippen molar-refractivity contribution in [2.75, 3.05) is 19.7 Å². The van der Waals surface area contributed by atoms with Crippen LogP contribution in [0.25, 0.3) is 6.08 Å². The van der Waals surface area contributed by atoms with Gasteiger partial charge in [-0.1, -0.05) is 29.8 Å². The van der Waals surface area contributed by atoms with E-state index in [0.29, 0.717) is 10.6 Å². The Morgan fingerprint density at radius 1 is 1.17 bits per heavy atom. The number of halogens is 1. The molecule has 0 aliphatic rings. The average Bonchev–Trinajstić information content (AvgIpc) is 2.59. The number of hydrogen-bond acceptors (Lipinski definition) is 5. The molecule has 0 atom stereocenters. The monoisotopic (exact) mass is 345 g/mol. The van der Waals surface area contributed by atoms with Gasteiger partial charge >= 0.3 is 5.97 Å². The summed E-state index contributed by atoms with van der Waals surface area (Å²) in [5, 5.41) is 17.7. The summed E-state index contributed by atoms with van der Waals surface area (Å²) in [5.74, 6) is -1.12. The molecule has 0 N–H and O–H groups in total. The molecule has 0 spiro atoms. The Morgan fingerprint density at radius 3 is 2.38 bits per heavy atom. The van der Waals surface area contributed by atoms with E-state index in [9.17, 15) is 9.59 Å². The molecular weight excluding hydrogens is 330 g/mol. The van der Waals surface area contributed by atoms with Gasteiger partial charge in [0.25, 0.3) is 5.91 Å². The zero-order valence-electron chi connectivity index (χ0n) is 12.9. The molecule has 1 rings (SSSR count). The minimum Gasteiger partial charge on any atom is -0.452 e. The highest BCUT2D eigenvalue weighted by Gasteiger charge is 2.14. The zero-order chi connectivity index (χ0) is 17.8. The van der Waals surface area contributed by atoms with Gasteiger partial charge in [-0.25, -0.2) is 4.79 Å². The number of ether oxygens (including phenoxy) is 1. The lowest BCUT2D eigenvalue weighted by molar-refractivity contribution is -0.148. The smallest absolute Gasteiger partial charge is 0.331 e. The Morgan fingerprint density at radius 2 is 1.79 bits per heavy atom. The predicted octanol–water partition coefficient (Wildman–Crippen LogP) is 2.55. The van der Waals surface area contributed by atoms with Crippen LogP contribution in [0.15, 0.2) is 30.3 Å². The van der Waals surface area contributed by atoms with Gasteiger partial charge < -0.3 is 9.64 Å². The summed E-state index contributed by atoms with van der Waals surface area (Å²) in [5.41, 5.74) is 0.659. The van der Waals surface area contributed by atoms with Crippen LogP contribution in [0, 0.1) is 22.7 Å². The molecule has 1 aromatic carbocycles. The van der Waals surface area contributed by atoms with Crippen LogP contribution < -0.4 is 0 Å². The highest BCUT2D eigenvalue weighted by molar-refractivity contribution is 6.32. The van der Waals surface area contributed by atoms with E-state index in [1.807, 2.05) is 12.1 Å². The molecule has 0 bridgehead atoms. The van der Waals surface area contributed by atoms with E-state index in [4.69, 9.17) is 26.9 Å². The molecule has 124 valence electrons. The first-order chi connectivity index (χ1) is 11.6. The van der Waals surface area contributed by atoms with Gasteiger partial charge in [0, 0.05) is 24.2 Å². The van der Waals surface area contributed by atoms with E-state index in [1.165, 1.54) is 17.1 Å². The number of nitrogens with zero attached hydrogens (tertiary/aromatic N) is 3. The van der Waals surface area contributed by atoms with E-state index in [0.717, 1.165) is 0 Å². The van der Waals surface area contributed by atoms with Crippen LogP contribution in [0.3, 0.4) is 0 Å². The van der Waals surface area contributed by atoms with Crippen LogP contribution in [0.2, 0.25) is 5.02 Å². The van der Waals surface area contributed by atoms with Crippen LogP contribution >= 0.6 is 11.6 Å². The van der Waals surface area contributed by atoms with Gasteiger partial charge in [-0.15, -0.1) is 0 Å². The quantitative estimate of drug-likeness (QED) is 0.533. The minimum atomic E-state index is -0.677. The van der Waals surface area contributed by atoms with Crippen LogP contribution in [0.5, 0.6) is 0 Å². The van der Waals surface area contributed by atoms with Crippen molar-refractivity contribution in [3.63, 3.8) is 0 Å². The molecule has 0 heterocycles. The lowest BCUT2D eigenvalue weighted by Gasteiger charge is -2.19. The third-order valence-electron chi connectivity index (χ3n) is 2.98. The third-order valence-corrected chi connectivity index (χ3v) is 3.33. The van der Waals surface area contributed by atoms with Gasteiger partial charge in [0.05, 0.1) is 25.0 Å². The third kappa shape index (κ3) is 6.95.